The minimum absolute atomic E-state index is 0.220. The molecule has 0 saturated carbocycles. The molecule has 1 atom stereocenters. The van der Waals surface area contributed by atoms with E-state index in [1.807, 2.05) is 0 Å². The first-order valence-electron chi connectivity index (χ1n) is 8.82. The van der Waals surface area contributed by atoms with Gasteiger partial charge in [-0.3, -0.25) is 10.1 Å². The van der Waals surface area contributed by atoms with Crippen molar-refractivity contribution in [2.45, 2.75) is 16.3 Å². The van der Waals surface area contributed by atoms with E-state index in [1.165, 1.54) is 0 Å². The van der Waals surface area contributed by atoms with Crippen molar-refractivity contribution in [1.29, 1.82) is 0 Å². The van der Waals surface area contributed by atoms with Crippen LogP contribution in [0.1, 0.15) is 11.5 Å². The van der Waals surface area contributed by atoms with Crippen molar-refractivity contribution in [2.75, 3.05) is 13.1 Å². The number of nitro groups is 1. The van der Waals surface area contributed by atoms with E-state index < -0.39 is 48.8 Å². The van der Waals surface area contributed by atoms with Crippen molar-refractivity contribution in [3.63, 3.8) is 0 Å². The first-order chi connectivity index (χ1) is 14.8. The molecule has 2 aromatic carbocycles. The molecule has 1 heterocycles. The van der Waals surface area contributed by atoms with Crippen LogP contribution in [0, 0.1) is 10.1 Å². The van der Waals surface area contributed by atoms with Crippen LogP contribution in [0.4, 0.5) is 18.9 Å². The normalized spacial score (nSPS) is 18.1. The van der Waals surface area contributed by atoms with Crippen LogP contribution in [0.15, 0.2) is 71.3 Å². The number of nitrogens with zero attached hydrogens (tertiary/aromatic N) is 2. The SMILES string of the molecule is O=[N+]([O-])c1ccc(S(=O)(=O)N2CC(OS(=O)(=O)C(F)(F)F)=CC(c3ccccc3)C2)cc1. The van der Waals surface area contributed by atoms with Crippen LogP contribution in [0.2, 0.25) is 0 Å². The lowest BCUT2D eigenvalue weighted by Gasteiger charge is -2.31. The molecule has 3 rings (SSSR count). The van der Waals surface area contributed by atoms with E-state index in [-0.39, 0.29) is 17.1 Å². The predicted octanol–water partition coefficient (Wildman–Crippen LogP) is 3.13. The van der Waals surface area contributed by atoms with Crippen LogP contribution in [-0.2, 0) is 24.3 Å². The van der Waals surface area contributed by atoms with Gasteiger partial charge in [0.2, 0.25) is 10.0 Å². The molecule has 9 nitrogen and oxygen atoms in total. The van der Waals surface area contributed by atoms with Crippen molar-refractivity contribution < 1.29 is 39.1 Å². The molecule has 1 aliphatic heterocycles. The number of halogens is 3. The summed E-state index contributed by atoms with van der Waals surface area (Å²) in [5.74, 6) is -1.52. The molecule has 0 bridgehead atoms. The Labute approximate surface area is 181 Å². The summed E-state index contributed by atoms with van der Waals surface area (Å²) in [5, 5.41) is 10.8. The van der Waals surface area contributed by atoms with Gasteiger partial charge in [-0.1, -0.05) is 30.3 Å². The van der Waals surface area contributed by atoms with E-state index in [0.717, 1.165) is 34.6 Å². The van der Waals surface area contributed by atoms with Gasteiger partial charge in [-0.05, 0) is 23.8 Å². The Bertz CT molecular complexity index is 1240. The third-order valence-electron chi connectivity index (χ3n) is 4.53. The summed E-state index contributed by atoms with van der Waals surface area (Å²) in [4.78, 5) is 9.72. The van der Waals surface area contributed by atoms with E-state index in [4.69, 9.17) is 0 Å². The van der Waals surface area contributed by atoms with Crippen LogP contribution in [0.5, 0.6) is 0 Å². The monoisotopic (exact) mass is 492 g/mol. The summed E-state index contributed by atoms with van der Waals surface area (Å²) in [7, 11) is -10.4. The lowest BCUT2D eigenvalue weighted by Crippen LogP contribution is -2.40. The molecule has 0 fully saturated rings. The average Bonchev–Trinajstić information content (AvgIpc) is 2.73. The Morgan fingerprint density at radius 2 is 1.59 bits per heavy atom. The van der Waals surface area contributed by atoms with E-state index in [1.54, 1.807) is 30.3 Å². The summed E-state index contributed by atoms with van der Waals surface area (Å²) in [5.41, 5.74) is -5.54. The second kappa shape index (κ2) is 8.52. The lowest BCUT2D eigenvalue weighted by atomic mass is 9.96. The zero-order chi connectivity index (χ0) is 23.7. The number of nitro benzene ring substituents is 1. The van der Waals surface area contributed by atoms with Gasteiger partial charge < -0.3 is 4.18 Å². The number of sulfonamides is 1. The maximum atomic E-state index is 13.1. The number of hydrogen-bond donors (Lipinski definition) is 0. The first-order valence-corrected chi connectivity index (χ1v) is 11.7. The highest BCUT2D eigenvalue weighted by Gasteiger charge is 2.49. The molecule has 32 heavy (non-hydrogen) atoms. The van der Waals surface area contributed by atoms with Gasteiger partial charge in [0.05, 0.1) is 16.4 Å². The molecule has 0 saturated heterocycles. The maximum Gasteiger partial charge on any atom is 0.534 e. The topological polar surface area (TPSA) is 124 Å². The smallest absolute Gasteiger partial charge is 0.379 e. The Kier molecular flexibility index (Phi) is 6.31. The van der Waals surface area contributed by atoms with Crippen molar-refractivity contribution in [2.24, 2.45) is 0 Å². The Hall–Kier alpha value is -2.97. The third-order valence-corrected chi connectivity index (χ3v) is 7.36. The van der Waals surface area contributed by atoms with Crippen LogP contribution in [0.25, 0.3) is 0 Å². The Balaban J connectivity index is 1.99. The Morgan fingerprint density at radius 1 is 1.00 bits per heavy atom. The van der Waals surface area contributed by atoms with Crippen LogP contribution in [-0.4, -0.2) is 44.7 Å². The van der Waals surface area contributed by atoms with E-state index >= 15 is 0 Å². The molecule has 14 heteroatoms. The Morgan fingerprint density at radius 3 is 2.12 bits per heavy atom. The zero-order valence-corrected chi connectivity index (χ0v) is 17.6. The number of benzene rings is 2. The minimum atomic E-state index is -6.02. The second-order valence-corrected chi connectivity index (χ2v) is 10.2. The number of hydrogen-bond acceptors (Lipinski definition) is 7. The summed E-state index contributed by atoms with van der Waals surface area (Å²) in [6, 6.07) is 12.0. The molecule has 2 aromatic rings. The maximum absolute atomic E-state index is 13.1. The molecule has 172 valence electrons. The highest BCUT2D eigenvalue weighted by atomic mass is 32.2. The highest BCUT2D eigenvalue weighted by Crippen LogP contribution is 2.33. The van der Waals surface area contributed by atoms with E-state index in [0.29, 0.717) is 5.56 Å². The summed E-state index contributed by atoms with van der Waals surface area (Å²) in [6.45, 7) is -1.000. The van der Waals surface area contributed by atoms with Gasteiger partial charge in [0.15, 0.2) is 0 Å². The fourth-order valence-corrected chi connectivity index (χ4v) is 4.92. The zero-order valence-electron chi connectivity index (χ0n) is 16.0. The molecule has 0 aromatic heterocycles. The molecule has 0 amide bonds. The molecule has 0 radical (unpaired) electrons. The largest absolute Gasteiger partial charge is 0.534 e. The summed E-state index contributed by atoms with van der Waals surface area (Å²) < 4.78 is 92.4. The lowest BCUT2D eigenvalue weighted by molar-refractivity contribution is -0.384. The molecule has 0 N–H and O–H groups in total. The van der Waals surface area contributed by atoms with Gasteiger partial charge in [-0.2, -0.15) is 25.9 Å². The van der Waals surface area contributed by atoms with Crippen LogP contribution >= 0.6 is 0 Å². The second-order valence-electron chi connectivity index (χ2n) is 6.68. The summed E-state index contributed by atoms with van der Waals surface area (Å²) >= 11 is 0. The first kappa shape index (κ1) is 23.7. The number of alkyl halides is 3. The molecule has 0 aliphatic carbocycles. The van der Waals surface area contributed by atoms with Gasteiger partial charge in [0.25, 0.3) is 5.69 Å². The van der Waals surface area contributed by atoms with Gasteiger partial charge >= 0.3 is 15.6 Å². The average molecular weight is 492 g/mol. The fourth-order valence-electron chi connectivity index (χ4n) is 3.00. The number of rotatable bonds is 6. The molecule has 0 spiro atoms. The highest BCUT2D eigenvalue weighted by molar-refractivity contribution is 7.89. The van der Waals surface area contributed by atoms with Gasteiger partial charge in [-0.25, -0.2) is 8.42 Å². The molecular weight excluding hydrogens is 477 g/mol. The molecule has 1 unspecified atom stereocenters. The van der Waals surface area contributed by atoms with E-state index in [2.05, 4.69) is 4.18 Å². The van der Waals surface area contributed by atoms with Gasteiger partial charge in [0, 0.05) is 24.6 Å². The number of non-ortho nitro benzene ring substituents is 1. The van der Waals surface area contributed by atoms with Gasteiger partial charge in [0.1, 0.15) is 5.76 Å². The van der Waals surface area contributed by atoms with Crippen LogP contribution < -0.4 is 0 Å². The molecular formula is C18H15F3N2O7S2. The van der Waals surface area contributed by atoms with Crippen molar-refractivity contribution >= 4 is 25.8 Å². The predicted molar refractivity (Wildman–Crippen MR) is 105 cm³/mol. The van der Waals surface area contributed by atoms with E-state index in [9.17, 15) is 40.1 Å². The fraction of sp³-hybridized carbons (Fsp3) is 0.222. The van der Waals surface area contributed by atoms with Crippen molar-refractivity contribution in [1.82, 2.24) is 4.31 Å². The van der Waals surface area contributed by atoms with Crippen LogP contribution in [0.3, 0.4) is 0 Å². The summed E-state index contributed by atoms with van der Waals surface area (Å²) in [6.07, 6.45) is 1.13. The quantitative estimate of drug-likeness (QED) is 0.263. The molecule has 1 aliphatic rings. The minimum Gasteiger partial charge on any atom is -0.379 e. The van der Waals surface area contributed by atoms with Gasteiger partial charge in [-0.15, -0.1) is 0 Å². The van der Waals surface area contributed by atoms with Crippen molar-refractivity contribution in [3.8, 4) is 0 Å². The standard InChI is InChI=1S/C18H15F3N2O7S2/c19-18(20,21)32(28,29)30-16-10-14(13-4-2-1-3-5-13)11-22(12-16)31(26,27)17-8-6-15(7-9-17)23(24)25/h1-10,14H,11-12H2. The third kappa shape index (κ3) is 4.92. The van der Waals surface area contributed by atoms with Crippen molar-refractivity contribution in [3.05, 3.63) is 82.1 Å².